The van der Waals surface area contributed by atoms with E-state index in [2.05, 4.69) is 30.7 Å². The van der Waals surface area contributed by atoms with Crippen LogP contribution in [0.5, 0.6) is 0 Å². The molecule has 0 radical (unpaired) electrons. The predicted octanol–water partition coefficient (Wildman–Crippen LogP) is 6.22. The Kier molecular flexibility index (Phi) is 5.69. The van der Waals surface area contributed by atoms with Gasteiger partial charge in [-0.3, -0.25) is 0 Å². The van der Waals surface area contributed by atoms with Crippen molar-refractivity contribution in [3.05, 3.63) is 31.7 Å². The van der Waals surface area contributed by atoms with E-state index in [1.54, 1.807) is 17.5 Å². The first kappa shape index (κ1) is 20.4. The number of aryl methyl sites for hydroxylation is 1. The Morgan fingerprint density at radius 3 is 2.20 bits per heavy atom. The quantitative estimate of drug-likeness (QED) is 0.606. The lowest BCUT2D eigenvalue weighted by atomic mass is 9.88. The molecule has 0 aliphatic carbocycles. The third-order valence-corrected chi connectivity index (χ3v) is 5.89. The molecule has 0 spiro atoms. The van der Waals surface area contributed by atoms with E-state index >= 15 is 0 Å². The van der Waals surface area contributed by atoms with Gasteiger partial charge in [0.25, 0.3) is 0 Å². The fourth-order valence-corrected chi connectivity index (χ4v) is 4.87. The molecule has 2 aromatic rings. The van der Waals surface area contributed by atoms with Gasteiger partial charge in [0.15, 0.2) is 0 Å². The van der Waals surface area contributed by atoms with Crippen LogP contribution in [0.15, 0.2) is 6.20 Å². The monoisotopic (exact) mass is 390 g/mol. The van der Waals surface area contributed by atoms with Crippen LogP contribution in [0.25, 0.3) is 0 Å². The maximum absolute atomic E-state index is 13.1. The highest BCUT2D eigenvalue weighted by Gasteiger charge is 2.47. The molecule has 2 rings (SSSR count). The van der Waals surface area contributed by atoms with Gasteiger partial charge in [0, 0.05) is 22.4 Å². The lowest BCUT2D eigenvalue weighted by molar-refractivity contribution is -0.210. The van der Waals surface area contributed by atoms with Crippen LogP contribution in [-0.4, -0.2) is 16.1 Å². The highest BCUT2D eigenvalue weighted by atomic mass is 32.1. The normalized spacial score (nSPS) is 13.5. The summed E-state index contributed by atoms with van der Waals surface area (Å²) >= 11 is 3.06. The number of halogens is 3. The highest BCUT2D eigenvalue weighted by Crippen LogP contribution is 2.41. The smallest absolute Gasteiger partial charge is 0.249 e. The third kappa shape index (κ3) is 5.51. The van der Waals surface area contributed by atoms with Crippen LogP contribution in [-0.2, 0) is 19.3 Å². The van der Waals surface area contributed by atoms with Crippen molar-refractivity contribution in [1.82, 2.24) is 9.97 Å². The molecule has 2 heterocycles. The Morgan fingerprint density at radius 2 is 1.64 bits per heavy atom. The zero-order chi connectivity index (χ0) is 19.0. The SMILES string of the molecule is Cc1nc(Cc2ncc(CC(C)(C)C(F)(F)F)s2)c(CC(C)(C)C)s1. The molecule has 0 atom stereocenters. The van der Waals surface area contributed by atoms with Crippen molar-refractivity contribution in [2.45, 2.75) is 67.0 Å². The van der Waals surface area contributed by atoms with Crippen LogP contribution in [0.3, 0.4) is 0 Å². The van der Waals surface area contributed by atoms with Crippen molar-refractivity contribution in [2.24, 2.45) is 10.8 Å². The van der Waals surface area contributed by atoms with Gasteiger partial charge in [-0.05, 0) is 25.2 Å². The minimum atomic E-state index is -4.22. The number of hydrogen-bond donors (Lipinski definition) is 0. The maximum Gasteiger partial charge on any atom is 0.394 e. The van der Waals surface area contributed by atoms with Gasteiger partial charge in [-0.25, -0.2) is 9.97 Å². The second-order valence-corrected chi connectivity index (χ2v) is 10.8. The third-order valence-electron chi connectivity index (χ3n) is 3.88. The van der Waals surface area contributed by atoms with Gasteiger partial charge in [0.2, 0.25) is 0 Å². The van der Waals surface area contributed by atoms with Crippen LogP contribution >= 0.6 is 22.7 Å². The molecular formula is C18H25F3N2S2. The first-order chi connectivity index (χ1) is 11.3. The summed E-state index contributed by atoms with van der Waals surface area (Å²) in [5, 5.41) is 1.85. The van der Waals surface area contributed by atoms with Crippen molar-refractivity contribution in [3.63, 3.8) is 0 Å². The summed E-state index contributed by atoms with van der Waals surface area (Å²) in [6, 6.07) is 0. The van der Waals surface area contributed by atoms with E-state index in [0.717, 1.165) is 22.1 Å². The number of hydrogen-bond acceptors (Lipinski definition) is 4. The van der Waals surface area contributed by atoms with Crippen molar-refractivity contribution in [2.75, 3.05) is 0 Å². The van der Waals surface area contributed by atoms with Crippen molar-refractivity contribution in [1.29, 1.82) is 0 Å². The predicted molar refractivity (Wildman–Crippen MR) is 98.5 cm³/mol. The molecule has 0 amide bonds. The largest absolute Gasteiger partial charge is 0.394 e. The average molecular weight is 391 g/mol. The zero-order valence-electron chi connectivity index (χ0n) is 15.5. The first-order valence-corrected chi connectivity index (χ1v) is 9.86. The van der Waals surface area contributed by atoms with Gasteiger partial charge >= 0.3 is 6.18 Å². The molecule has 7 heteroatoms. The van der Waals surface area contributed by atoms with Crippen molar-refractivity contribution >= 4 is 22.7 Å². The molecule has 0 aliphatic heterocycles. The second-order valence-electron chi connectivity index (χ2n) is 8.30. The van der Waals surface area contributed by atoms with E-state index in [-0.39, 0.29) is 11.8 Å². The summed E-state index contributed by atoms with van der Waals surface area (Å²) in [6.45, 7) is 11.0. The number of aromatic nitrogens is 2. The Bertz CT molecular complexity index is 721. The summed E-state index contributed by atoms with van der Waals surface area (Å²) < 4.78 is 39.2. The summed E-state index contributed by atoms with van der Waals surface area (Å²) in [7, 11) is 0. The lowest BCUT2D eigenvalue weighted by Gasteiger charge is -2.26. The number of rotatable bonds is 5. The van der Waals surface area contributed by atoms with E-state index in [1.165, 1.54) is 30.1 Å². The van der Waals surface area contributed by atoms with Gasteiger partial charge in [-0.2, -0.15) is 13.2 Å². The molecule has 0 aromatic carbocycles. The van der Waals surface area contributed by atoms with Crippen LogP contribution in [0.4, 0.5) is 13.2 Å². The highest BCUT2D eigenvalue weighted by molar-refractivity contribution is 7.12. The summed E-state index contributed by atoms with van der Waals surface area (Å²) in [5.41, 5.74) is -0.572. The van der Waals surface area contributed by atoms with Crippen molar-refractivity contribution < 1.29 is 13.2 Å². The lowest BCUT2D eigenvalue weighted by Crippen LogP contribution is -2.33. The minimum absolute atomic E-state index is 0.0426. The van der Waals surface area contributed by atoms with Gasteiger partial charge < -0.3 is 0 Å². The van der Waals surface area contributed by atoms with Gasteiger partial charge in [0.05, 0.1) is 21.1 Å². The van der Waals surface area contributed by atoms with Gasteiger partial charge in [-0.1, -0.05) is 34.6 Å². The molecule has 140 valence electrons. The standard InChI is InChI=1S/C18H25F3N2S2/c1-11-23-13(14(24-11)9-16(2,3)4)7-15-22-10-12(25-15)8-17(5,6)18(19,20)21/h10H,7-9H2,1-6H3. The molecule has 0 fully saturated rings. The van der Waals surface area contributed by atoms with Gasteiger partial charge in [-0.15, -0.1) is 22.7 Å². The Hall–Kier alpha value is -0.950. The second kappa shape index (κ2) is 6.99. The van der Waals surface area contributed by atoms with E-state index in [4.69, 9.17) is 0 Å². The van der Waals surface area contributed by atoms with E-state index < -0.39 is 11.6 Å². The van der Waals surface area contributed by atoms with Crippen LogP contribution in [0.1, 0.15) is 60.1 Å². The maximum atomic E-state index is 13.1. The topological polar surface area (TPSA) is 25.8 Å². The summed E-state index contributed by atoms with van der Waals surface area (Å²) in [5.74, 6) is 0. The van der Waals surface area contributed by atoms with Crippen LogP contribution < -0.4 is 0 Å². The molecule has 0 aliphatic rings. The molecule has 2 nitrogen and oxygen atoms in total. The van der Waals surface area contributed by atoms with E-state index in [1.807, 2.05) is 6.92 Å². The number of thiazole rings is 2. The van der Waals surface area contributed by atoms with Crippen molar-refractivity contribution in [3.8, 4) is 0 Å². The zero-order valence-corrected chi connectivity index (χ0v) is 17.2. The van der Waals surface area contributed by atoms with Gasteiger partial charge in [0.1, 0.15) is 0 Å². The molecule has 0 bridgehead atoms. The summed E-state index contributed by atoms with van der Waals surface area (Å²) in [4.78, 5) is 10.9. The molecule has 25 heavy (non-hydrogen) atoms. The average Bonchev–Trinajstić information content (AvgIpc) is 2.93. The molecule has 2 aromatic heterocycles. The molecular weight excluding hydrogens is 365 g/mol. The van der Waals surface area contributed by atoms with Crippen LogP contribution in [0.2, 0.25) is 0 Å². The Balaban J connectivity index is 2.15. The summed E-state index contributed by atoms with van der Waals surface area (Å²) in [6.07, 6.45) is -1.15. The minimum Gasteiger partial charge on any atom is -0.249 e. The molecule has 0 saturated heterocycles. The molecule has 0 saturated carbocycles. The number of nitrogens with zero attached hydrogens (tertiary/aromatic N) is 2. The van der Waals surface area contributed by atoms with E-state index in [9.17, 15) is 13.2 Å². The molecule has 0 N–H and O–H groups in total. The molecule has 0 unspecified atom stereocenters. The Labute approximate surface area is 155 Å². The fraction of sp³-hybridized carbons (Fsp3) is 0.667. The van der Waals surface area contributed by atoms with E-state index in [0.29, 0.717) is 11.3 Å². The van der Waals surface area contributed by atoms with Crippen LogP contribution in [0, 0.1) is 17.8 Å². The first-order valence-electron chi connectivity index (χ1n) is 8.22. The fourth-order valence-electron chi connectivity index (χ4n) is 2.46. The number of alkyl halides is 3. The Morgan fingerprint density at radius 1 is 1.00 bits per heavy atom.